The Morgan fingerprint density at radius 3 is 2.33 bits per heavy atom. The Morgan fingerprint density at radius 1 is 1.14 bits per heavy atom. The number of rotatable bonds is 4. The van der Waals surface area contributed by atoms with E-state index >= 15 is 0 Å². The fourth-order valence-electron chi connectivity index (χ4n) is 2.87. The van der Waals surface area contributed by atoms with Crippen molar-refractivity contribution in [1.82, 2.24) is 0 Å². The summed E-state index contributed by atoms with van der Waals surface area (Å²) < 4.78 is 7.86. The minimum Gasteiger partial charge on any atom is -0.414 e. The Kier molecular flexibility index (Phi) is 5.38. The topological polar surface area (TPSA) is 9.23 Å². The van der Waals surface area contributed by atoms with Crippen molar-refractivity contribution < 1.29 is 4.43 Å². The summed E-state index contributed by atoms with van der Waals surface area (Å²) in [6, 6.07) is 8.78. The van der Waals surface area contributed by atoms with Gasteiger partial charge in [0.15, 0.2) is 8.32 Å². The third-order valence-electron chi connectivity index (χ3n) is 5.25. The Morgan fingerprint density at radius 2 is 1.76 bits per heavy atom. The quantitative estimate of drug-likeness (QED) is 0.576. The highest BCUT2D eigenvalue weighted by molar-refractivity contribution is 9.10. The lowest BCUT2D eigenvalue weighted by molar-refractivity contribution is 0.140. The van der Waals surface area contributed by atoms with Gasteiger partial charge in [-0.1, -0.05) is 55.3 Å². The van der Waals surface area contributed by atoms with Crippen molar-refractivity contribution in [2.45, 2.75) is 70.7 Å². The van der Waals surface area contributed by atoms with Gasteiger partial charge in [0, 0.05) is 10.6 Å². The van der Waals surface area contributed by atoms with Gasteiger partial charge < -0.3 is 4.43 Å². The first-order chi connectivity index (χ1) is 9.69. The second-order valence-corrected chi connectivity index (χ2v) is 13.6. The van der Waals surface area contributed by atoms with Crippen molar-refractivity contribution in [3.8, 4) is 0 Å². The molecule has 0 heterocycles. The van der Waals surface area contributed by atoms with Crippen molar-refractivity contribution in [1.29, 1.82) is 0 Å². The largest absolute Gasteiger partial charge is 0.414 e. The van der Waals surface area contributed by atoms with Gasteiger partial charge in [-0.2, -0.15) is 0 Å². The molecule has 118 valence electrons. The van der Waals surface area contributed by atoms with E-state index in [4.69, 9.17) is 4.43 Å². The molecular formula is C18H29BrOSi. The SMILES string of the molecule is CC(C)(C)[Si](C)(C)O[C@H]1CCC[C@@H]1Cc1ccc(Br)cc1. The van der Waals surface area contributed by atoms with E-state index in [0.717, 1.165) is 10.9 Å². The third-order valence-corrected chi connectivity index (χ3v) is 10.3. The predicted molar refractivity (Wildman–Crippen MR) is 97.3 cm³/mol. The molecule has 1 saturated carbocycles. The summed E-state index contributed by atoms with van der Waals surface area (Å²) in [4.78, 5) is 0. The Bertz CT molecular complexity index is 461. The van der Waals surface area contributed by atoms with Crippen LogP contribution in [0.25, 0.3) is 0 Å². The summed E-state index contributed by atoms with van der Waals surface area (Å²) in [5.41, 5.74) is 1.44. The fourth-order valence-corrected chi connectivity index (χ4v) is 4.55. The monoisotopic (exact) mass is 368 g/mol. The first-order valence-electron chi connectivity index (χ1n) is 8.11. The van der Waals surface area contributed by atoms with Crippen LogP contribution in [0.4, 0.5) is 0 Å². The van der Waals surface area contributed by atoms with Gasteiger partial charge in [-0.15, -0.1) is 0 Å². The van der Waals surface area contributed by atoms with Gasteiger partial charge in [0.1, 0.15) is 0 Å². The summed E-state index contributed by atoms with van der Waals surface area (Å²) in [7, 11) is -1.65. The van der Waals surface area contributed by atoms with Crippen LogP contribution in [0.5, 0.6) is 0 Å². The number of halogens is 1. The Hall–Kier alpha value is -0.123. The molecule has 0 aromatic heterocycles. The standard InChI is InChI=1S/C18H29BrOSi/c1-18(2,3)21(4,5)20-17-8-6-7-15(17)13-14-9-11-16(19)12-10-14/h9-12,15,17H,6-8,13H2,1-5H3/t15-,17+/m1/s1. The lowest BCUT2D eigenvalue weighted by atomic mass is 9.96. The molecule has 3 heteroatoms. The molecule has 0 aliphatic heterocycles. The van der Waals surface area contributed by atoms with Crippen LogP contribution in [0.1, 0.15) is 45.6 Å². The smallest absolute Gasteiger partial charge is 0.192 e. The molecular weight excluding hydrogens is 340 g/mol. The molecule has 2 atom stereocenters. The van der Waals surface area contributed by atoms with E-state index in [0.29, 0.717) is 17.1 Å². The van der Waals surface area contributed by atoms with Crippen molar-refractivity contribution in [3.63, 3.8) is 0 Å². The molecule has 1 fully saturated rings. The van der Waals surface area contributed by atoms with E-state index in [9.17, 15) is 0 Å². The second-order valence-electron chi connectivity index (χ2n) is 7.94. The first kappa shape index (κ1) is 17.2. The summed E-state index contributed by atoms with van der Waals surface area (Å²) in [6.45, 7) is 11.7. The van der Waals surface area contributed by atoms with Crippen LogP contribution >= 0.6 is 15.9 Å². The van der Waals surface area contributed by atoms with Gasteiger partial charge in [-0.3, -0.25) is 0 Å². The van der Waals surface area contributed by atoms with Gasteiger partial charge in [0.2, 0.25) is 0 Å². The molecule has 1 nitrogen and oxygen atoms in total. The molecule has 1 aromatic rings. The van der Waals surface area contributed by atoms with E-state index in [1.807, 2.05) is 0 Å². The Balaban J connectivity index is 2.02. The van der Waals surface area contributed by atoms with E-state index in [1.165, 1.54) is 24.8 Å². The average molecular weight is 369 g/mol. The first-order valence-corrected chi connectivity index (χ1v) is 11.8. The molecule has 1 aromatic carbocycles. The lowest BCUT2D eigenvalue weighted by Crippen LogP contribution is -2.45. The zero-order chi connectivity index (χ0) is 15.7. The second kappa shape index (κ2) is 6.55. The van der Waals surface area contributed by atoms with Gasteiger partial charge in [-0.05, 0) is 61.0 Å². The van der Waals surface area contributed by atoms with Gasteiger partial charge in [-0.25, -0.2) is 0 Å². The van der Waals surface area contributed by atoms with Crippen LogP contribution in [0, 0.1) is 5.92 Å². The van der Waals surface area contributed by atoms with Crippen LogP contribution in [0.2, 0.25) is 18.1 Å². The summed E-state index contributed by atoms with van der Waals surface area (Å²) in [5, 5.41) is 0.303. The van der Waals surface area contributed by atoms with E-state index in [2.05, 4.69) is 74.1 Å². The molecule has 0 spiro atoms. The molecule has 0 bridgehead atoms. The van der Waals surface area contributed by atoms with Crippen molar-refractivity contribution >= 4 is 24.2 Å². The minimum atomic E-state index is -1.65. The molecule has 1 aliphatic carbocycles. The average Bonchev–Trinajstić information content (AvgIpc) is 2.77. The highest BCUT2D eigenvalue weighted by atomic mass is 79.9. The van der Waals surface area contributed by atoms with Gasteiger partial charge in [0.05, 0.1) is 0 Å². The van der Waals surface area contributed by atoms with Gasteiger partial charge >= 0.3 is 0 Å². The summed E-state index contributed by atoms with van der Waals surface area (Å²) in [6.07, 6.45) is 5.50. The zero-order valence-electron chi connectivity index (χ0n) is 14.1. The highest BCUT2D eigenvalue weighted by Crippen LogP contribution is 2.41. The van der Waals surface area contributed by atoms with Crippen LogP contribution in [0.15, 0.2) is 28.7 Å². The van der Waals surface area contributed by atoms with Crippen LogP contribution in [0.3, 0.4) is 0 Å². The maximum absolute atomic E-state index is 6.70. The number of benzene rings is 1. The molecule has 0 N–H and O–H groups in total. The molecule has 0 saturated heterocycles. The Labute approximate surface area is 139 Å². The number of hydrogen-bond donors (Lipinski definition) is 0. The predicted octanol–water partition coefficient (Wildman–Crippen LogP) is 6.18. The highest BCUT2D eigenvalue weighted by Gasteiger charge is 2.41. The van der Waals surface area contributed by atoms with E-state index in [1.54, 1.807) is 0 Å². The fraction of sp³-hybridized carbons (Fsp3) is 0.667. The zero-order valence-corrected chi connectivity index (χ0v) is 16.7. The van der Waals surface area contributed by atoms with Crippen molar-refractivity contribution in [2.75, 3.05) is 0 Å². The molecule has 1 aliphatic rings. The van der Waals surface area contributed by atoms with Crippen molar-refractivity contribution in [3.05, 3.63) is 34.3 Å². The summed E-state index contributed by atoms with van der Waals surface area (Å²) >= 11 is 3.51. The van der Waals surface area contributed by atoms with E-state index < -0.39 is 8.32 Å². The molecule has 0 amide bonds. The van der Waals surface area contributed by atoms with Crippen LogP contribution in [-0.4, -0.2) is 14.4 Å². The maximum atomic E-state index is 6.70. The van der Waals surface area contributed by atoms with Crippen LogP contribution < -0.4 is 0 Å². The molecule has 0 unspecified atom stereocenters. The number of hydrogen-bond acceptors (Lipinski definition) is 1. The lowest BCUT2D eigenvalue weighted by Gasteiger charge is -2.40. The minimum absolute atomic E-state index is 0.303. The third kappa shape index (κ3) is 4.43. The summed E-state index contributed by atoms with van der Waals surface area (Å²) in [5.74, 6) is 0.695. The molecule has 0 radical (unpaired) electrons. The van der Waals surface area contributed by atoms with E-state index in [-0.39, 0.29) is 0 Å². The molecule has 2 rings (SSSR count). The van der Waals surface area contributed by atoms with Crippen LogP contribution in [-0.2, 0) is 10.8 Å². The van der Waals surface area contributed by atoms with Gasteiger partial charge in [0.25, 0.3) is 0 Å². The normalized spacial score (nSPS) is 23.5. The maximum Gasteiger partial charge on any atom is 0.192 e. The van der Waals surface area contributed by atoms with Crippen molar-refractivity contribution in [2.24, 2.45) is 5.92 Å². The molecule has 21 heavy (non-hydrogen) atoms.